The fraction of sp³-hybridized carbons (Fsp3) is 0.474. The highest BCUT2D eigenvalue weighted by Gasteiger charge is 2.23. The summed E-state index contributed by atoms with van der Waals surface area (Å²) in [7, 11) is 0. The molecular weight excluding hydrogens is 336 g/mol. The van der Waals surface area contributed by atoms with Gasteiger partial charge in [-0.1, -0.05) is 37.6 Å². The van der Waals surface area contributed by atoms with Crippen LogP contribution in [-0.2, 0) is 5.41 Å². The second-order valence-electron chi connectivity index (χ2n) is 7.25. The molecule has 1 aliphatic heterocycles. The van der Waals surface area contributed by atoms with Gasteiger partial charge in [0.2, 0.25) is 0 Å². The lowest BCUT2D eigenvalue weighted by atomic mass is 9.84. The summed E-state index contributed by atoms with van der Waals surface area (Å²) in [6.07, 6.45) is 4.14. The van der Waals surface area contributed by atoms with Gasteiger partial charge in [0, 0.05) is 29.7 Å². The van der Waals surface area contributed by atoms with E-state index in [0.29, 0.717) is 23.3 Å². The first-order valence-corrected chi connectivity index (χ1v) is 9.14. The highest BCUT2D eigenvalue weighted by Crippen LogP contribution is 2.24. The molecule has 25 heavy (non-hydrogen) atoms. The first-order chi connectivity index (χ1) is 12.0. The number of amides is 1. The molecule has 1 amide bonds. The molecule has 134 valence electrons. The Morgan fingerprint density at radius 2 is 2.12 bits per heavy atom. The zero-order valence-electron chi connectivity index (χ0n) is 14.8. The third kappa shape index (κ3) is 4.41. The summed E-state index contributed by atoms with van der Waals surface area (Å²) in [6.45, 7) is 6.70. The Hall–Kier alpha value is -1.85. The summed E-state index contributed by atoms with van der Waals surface area (Å²) < 4.78 is 1.91. The molecule has 1 aliphatic rings. The molecule has 1 unspecified atom stereocenters. The van der Waals surface area contributed by atoms with Gasteiger partial charge in [-0.3, -0.25) is 9.48 Å². The Morgan fingerprint density at radius 1 is 1.36 bits per heavy atom. The van der Waals surface area contributed by atoms with E-state index in [1.165, 1.54) is 0 Å². The minimum Gasteiger partial charge on any atom is -0.350 e. The number of benzene rings is 1. The second-order valence-corrected chi connectivity index (χ2v) is 7.69. The lowest BCUT2D eigenvalue weighted by molar-refractivity contribution is 0.0939. The average Bonchev–Trinajstić information content (AvgIpc) is 3.11. The Labute approximate surface area is 153 Å². The normalized spacial score (nSPS) is 18.1. The number of halogens is 1. The highest BCUT2D eigenvalue weighted by molar-refractivity contribution is 6.30. The van der Waals surface area contributed by atoms with Gasteiger partial charge in [-0.15, -0.1) is 0 Å². The van der Waals surface area contributed by atoms with E-state index >= 15 is 0 Å². The van der Waals surface area contributed by atoms with Crippen molar-refractivity contribution in [3.8, 4) is 0 Å². The van der Waals surface area contributed by atoms with Gasteiger partial charge < -0.3 is 10.6 Å². The maximum Gasteiger partial charge on any atom is 0.271 e. The predicted octanol–water partition coefficient (Wildman–Crippen LogP) is 3.17. The molecule has 0 bridgehead atoms. The van der Waals surface area contributed by atoms with Crippen LogP contribution in [0.1, 0.15) is 48.8 Å². The number of nitrogens with one attached hydrogen (secondary N) is 2. The number of aromatic nitrogens is 2. The maximum atomic E-state index is 12.4. The Bertz CT molecular complexity index is 717. The molecule has 0 saturated carbocycles. The van der Waals surface area contributed by atoms with Gasteiger partial charge in [0.05, 0.1) is 6.04 Å². The quantitative estimate of drug-likeness (QED) is 0.861. The van der Waals surface area contributed by atoms with Crippen LogP contribution in [-0.4, -0.2) is 35.3 Å². The maximum absolute atomic E-state index is 12.4. The molecule has 3 rings (SSSR count). The van der Waals surface area contributed by atoms with E-state index in [1.807, 2.05) is 35.1 Å². The number of rotatable bonds is 5. The zero-order valence-corrected chi connectivity index (χ0v) is 15.5. The lowest BCUT2D eigenvalue weighted by Crippen LogP contribution is -2.37. The summed E-state index contributed by atoms with van der Waals surface area (Å²) in [5, 5.41) is 11.6. The largest absolute Gasteiger partial charge is 0.350 e. The summed E-state index contributed by atoms with van der Waals surface area (Å²) >= 11 is 5.95. The molecule has 0 radical (unpaired) electrons. The molecule has 0 spiro atoms. The first-order valence-electron chi connectivity index (χ1n) is 8.76. The van der Waals surface area contributed by atoms with Gasteiger partial charge in [0.1, 0.15) is 5.69 Å². The third-order valence-electron chi connectivity index (χ3n) is 4.80. The van der Waals surface area contributed by atoms with Crippen molar-refractivity contribution in [2.75, 3.05) is 19.6 Å². The summed E-state index contributed by atoms with van der Waals surface area (Å²) in [5.74, 6) is -0.135. The van der Waals surface area contributed by atoms with Crippen molar-refractivity contribution < 1.29 is 4.79 Å². The van der Waals surface area contributed by atoms with Gasteiger partial charge in [-0.05, 0) is 43.1 Å². The van der Waals surface area contributed by atoms with Crippen LogP contribution in [0, 0.1) is 0 Å². The van der Waals surface area contributed by atoms with E-state index in [4.69, 9.17) is 11.6 Å². The van der Waals surface area contributed by atoms with Crippen LogP contribution in [0.4, 0.5) is 0 Å². The van der Waals surface area contributed by atoms with Crippen LogP contribution >= 0.6 is 11.6 Å². The van der Waals surface area contributed by atoms with Crippen molar-refractivity contribution in [1.29, 1.82) is 0 Å². The van der Waals surface area contributed by atoms with Crippen LogP contribution in [0.25, 0.3) is 0 Å². The minimum atomic E-state index is -0.184. The Morgan fingerprint density at radius 3 is 2.80 bits per heavy atom. The van der Waals surface area contributed by atoms with Gasteiger partial charge in [0.15, 0.2) is 0 Å². The topological polar surface area (TPSA) is 59.0 Å². The van der Waals surface area contributed by atoms with Crippen LogP contribution in [0.2, 0.25) is 5.02 Å². The lowest BCUT2D eigenvalue weighted by Gasteiger charge is -2.25. The summed E-state index contributed by atoms with van der Waals surface area (Å²) in [5.41, 5.74) is 1.42. The van der Waals surface area contributed by atoms with E-state index in [9.17, 15) is 4.79 Å². The number of carbonyl (C=O) groups is 1. The van der Waals surface area contributed by atoms with Crippen molar-refractivity contribution in [3.63, 3.8) is 0 Å². The minimum absolute atomic E-state index is 0.135. The molecule has 0 aliphatic carbocycles. The van der Waals surface area contributed by atoms with Crippen molar-refractivity contribution in [1.82, 2.24) is 20.4 Å². The number of hydrogen-bond donors (Lipinski definition) is 2. The fourth-order valence-corrected chi connectivity index (χ4v) is 3.24. The molecule has 2 N–H and O–H groups in total. The SMILES string of the molecule is CC(C)(CNC(=O)c1ccn(C2CCCNC2)n1)c1ccc(Cl)cc1. The Kier molecular flexibility index (Phi) is 5.45. The molecule has 1 atom stereocenters. The van der Waals surface area contributed by atoms with E-state index in [1.54, 1.807) is 6.07 Å². The average molecular weight is 361 g/mol. The molecule has 6 heteroatoms. The standard InChI is InChI=1S/C19H25ClN4O/c1-19(2,14-5-7-15(20)8-6-14)13-22-18(25)17-9-11-24(23-17)16-4-3-10-21-12-16/h5-9,11,16,21H,3-4,10,12-13H2,1-2H3,(H,22,25). The first kappa shape index (κ1) is 18.0. The summed E-state index contributed by atoms with van der Waals surface area (Å²) in [6, 6.07) is 9.87. The van der Waals surface area contributed by atoms with Crippen molar-refractivity contribution in [2.24, 2.45) is 0 Å². The van der Waals surface area contributed by atoms with Gasteiger partial charge in [0.25, 0.3) is 5.91 Å². The zero-order chi connectivity index (χ0) is 17.9. The predicted molar refractivity (Wildman–Crippen MR) is 100 cm³/mol. The molecule has 2 aromatic rings. The molecule has 1 aromatic heterocycles. The van der Waals surface area contributed by atoms with Crippen molar-refractivity contribution in [2.45, 2.75) is 38.1 Å². The molecule has 5 nitrogen and oxygen atoms in total. The van der Waals surface area contributed by atoms with Crippen molar-refractivity contribution in [3.05, 3.63) is 52.8 Å². The van der Waals surface area contributed by atoms with E-state index in [0.717, 1.165) is 31.5 Å². The van der Waals surface area contributed by atoms with Crippen LogP contribution in [0.3, 0.4) is 0 Å². The smallest absolute Gasteiger partial charge is 0.271 e. The fourth-order valence-electron chi connectivity index (χ4n) is 3.12. The van der Waals surface area contributed by atoms with Crippen LogP contribution < -0.4 is 10.6 Å². The Balaban J connectivity index is 1.60. The molecule has 1 saturated heterocycles. The third-order valence-corrected chi connectivity index (χ3v) is 5.05. The second kappa shape index (κ2) is 7.58. The van der Waals surface area contributed by atoms with Crippen molar-refractivity contribution >= 4 is 17.5 Å². The highest BCUT2D eigenvalue weighted by atomic mass is 35.5. The van der Waals surface area contributed by atoms with E-state index in [2.05, 4.69) is 29.6 Å². The molecule has 1 aromatic carbocycles. The number of carbonyl (C=O) groups excluding carboxylic acids is 1. The summed E-state index contributed by atoms with van der Waals surface area (Å²) in [4.78, 5) is 12.4. The van der Waals surface area contributed by atoms with Gasteiger partial charge >= 0.3 is 0 Å². The number of piperidine rings is 1. The van der Waals surface area contributed by atoms with E-state index in [-0.39, 0.29) is 11.3 Å². The molecular formula is C19H25ClN4O. The number of nitrogens with zero attached hydrogens (tertiary/aromatic N) is 2. The van der Waals surface area contributed by atoms with Crippen LogP contribution in [0.5, 0.6) is 0 Å². The van der Waals surface area contributed by atoms with Crippen LogP contribution in [0.15, 0.2) is 36.5 Å². The molecule has 2 heterocycles. The van der Waals surface area contributed by atoms with E-state index < -0.39 is 0 Å². The molecule has 1 fully saturated rings. The van der Waals surface area contributed by atoms with Gasteiger partial charge in [-0.25, -0.2) is 0 Å². The number of hydrogen-bond acceptors (Lipinski definition) is 3. The monoisotopic (exact) mass is 360 g/mol. The van der Waals surface area contributed by atoms with Gasteiger partial charge in [-0.2, -0.15) is 5.10 Å².